The number of nitrogens with one attached hydrogen (secondary N) is 1. The van der Waals surface area contributed by atoms with Crippen LogP contribution in [0.15, 0.2) is 46.9 Å². The lowest BCUT2D eigenvalue weighted by molar-refractivity contribution is 0.103. The first-order valence-corrected chi connectivity index (χ1v) is 15.5. The molecule has 41 heavy (non-hydrogen) atoms. The summed E-state index contributed by atoms with van der Waals surface area (Å²) in [6.07, 6.45) is 8.62. The molecule has 0 saturated carbocycles. The summed E-state index contributed by atoms with van der Waals surface area (Å²) in [7, 11) is 3.80. The topological polar surface area (TPSA) is 67.2 Å². The number of nitrogens with zero attached hydrogens (tertiary/aromatic N) is 2. The summed E-state index contributed by atoms with van der Waals surface area (Å²) in [6, 6.07) is 13.2. The molecule has 1 N–H and O–H groups in total. The Bertz CT molecular complexity index is 1160. The van der Waals surface area contributed by atoms with E-state index in [1.807, 2.05) is 60.9 Å². The van der Waals surface area contributed by atoms with Crippen molar-refractivity contribution in [1.82, 2.24) is 9.21 Å². The number of furan rings is 1. The molecular weight excluding hydrogens is 555 g/mol. The van der Waals surface area contributed by atoms with E-state index in [-0.39, 0.29) is 19.3 Å². The maximum atomic E-state index is 13.8. The normalized spacial score (nSPS) is 11.3. The standard InChI is InChI=1S/C32H47N3O4S.H2S/c1-6-9-13-30-31(28-24-26(16-19-29(28)38-30)33-39-40-34(4)5)32(36)25-14-17-27(18-15-25)37-23-12-22-35(20-10-7-2)21-11-8-3;/h14-19,24,33H,6-13,20-23H2,1-5H3;1H2. The van der Waals surface area contributed by atoms with Crippen LogP contribution in [0.5, 0.6) is 5.75 Å². The summed E-state index contributed by atoms with van der Waals surface area (Å²) < 4.78 is 19.5. The molecule has 0 aliphatic carbocycles. The molecule has 0 amide bonds. The highest BCUT2D eigenvalue weighted by molar-refractivity contribution is 7.92. The van der Waals surface area contributed by atoms with Crippen LogP contribution in [0.1, 0.15) is 87.4 Å². The van der Waals surface area contributed by atoms with Crippen LogP contribution in [-0.4, -0.2) is 55.3 Å². The molecule has 0 fully saturated rings. The number of unbranched alkanes of at least 4 members (excludes halogenated alkanes) is 3. The van der Waals surface area contributed by atoms with Crippen molar-refractivity contribution in [2.24, 2.45) is 0 Å². The van der Waals surface area contributed by atoms with Crippen LogP contribution >= 0.6 is 25.7 Å². The third-order valence-corrected chi connectivity index (χ3v) is 7.21. The van der Waals surface area contributed by atoms with Gasteiger partial charge in [0.05, 0.1) is 17.9 Å². The second-order valence-corrected chi connectivity index (χ2v) is 11.4. The number of carbonyl (C=O) groups excluding carboxylic acids is 1. The number of anilines is 1. The van der Waals surface area contributed by atoms with Gasteiger partial charge < -0.3 is 14.1 Å². The summed E-state index contributed by atoms with van der Waals surface area (Å²) >= 11 is 1.19. The zero-order valence-electron chi connectivity index (χ0n) is 25.5. The Morgan fingerprint density at radius 3 is 2.20 bits per heavy atom. The zero-order valence-corrected chi connectivity index (χ0v) is 27.3. The molecule has 9 heteroatoms. The van der Waals surface area contributed by atoms with Crippen molar-refractivity contribution in [3.05, 3.63) is 59.4 Å². The Hall–Kier alpha value is -2.17. The Morgan fingerprint density at radius 1 is 0.902 bits per heavy atom. The van der Waals surface area contributed by atoms with Gasteiger partial charge in [0.15, 0.2) is 5.78 Å². The van der Waals surface area contributed by atoms with Crippen LogP contribution in [0.4, 0.5) is 5.69 Å². The average Bonchev–Trinajstić information content (AvgIpc) is 3.32. The second kappa shape index (κ2) is 19.1. The van der Waals surface area contributed by atoms with Gasteiger partial charge in [-0.25, -0.2) is 4.31 Å². The van der Waals surface area contributed by atoms with E-state index in [4.69, 9.17) is 13.4 Å². The number of benzene rings is 2. The lowest BCUT2D eigenvalue weighted by Crippen LogP contribution is -2.28. The number of ether oxygens (including phenoxy) is 1. The van der Waals surface area contributed by atoms with Crippen LogP contribution in [-0.2, 0) is 10.7 Å². The Kier molecular flexibility index (Phi) is 16.3. The quantitative estimate of drug-likeness (QED) is 0.0455. The van der Waals surface area contributed by atoms with Crippen LogP contribution in [0, 0.1) is 0 Å². The minimum atomic E-state index is -0.0420. The number of hydrogen-bond acceptors (Lipinski definition) is 8. The fourth-order valence-electron chi connectivity index (χ4n) is 4.54. The Labute approximate surface area is 258 Å². The van der Waals surface area contributed by atoms with Gasteiger partial charge in [-0.15, -0.1) is 0 Å². The van der Waals surface area contributed by atoms with Gasteiger partial charge in [0, 0.05) is 23.9 Å². The fraction of sp³-hybridized carbons (Fsp3) is 0.531. The highest BCUT2D eigenvalue weighted by Gasteiger charge is 2.22. The first-order valence-electron chi connectivity index (χ1n) is 14.8. The lowest BCUT2D eigenvalue weighted by atomic mass is 9.98. The predicted octanol–water partition coefficient (Wildman–Crippen LogP) is 8.26. The largest absolute Gasteiger partial charge is 0.494 e. The number of aryl methyl sites for hydroxylation is 1. The summed E-state index contributed by atoms with van der Waals surface area (Å²) in [5, 5.41) is 0.788. The monoisotopic (exact) mass is 603 g/mol. The molecule has 1 aromatic heterocycles. The number of rotatable bonds is 20. The third kappa shape index (κ3) is 11.2. The van der Waals surface area contributed by atoms with E-state index in [2.05, 4.69) is 31.2 Å². The van der Waals surface area contributed by atoms with Crippen LogP contribution in [0.25, 0.3) is 11.0 Å². The molecule has 0 spiro atoms. The number of ketones is 1. The second-order valence-electron chi connectivity index (χ2n) is 10.4. The third-order valence-electron chi connectivity index (χ3n) is 6.75. The highest BCUT2D eigenvalue weighted by Crippen LogP contribution is 2.32. The molecule has 0 saturated heterocycles. The predicted molar refractivity (Wildman–Crippen MR) is 177 cm³/mol. The molecule has 0 atom stereocenters. The summed E-state index contributed by atoms with van der Waals surface area (Å²) in [4.78, 5) is 16.3. The van der Waals surface area contributed by atoms with E-state index < -0.39 is 0 Å². The average molecular weight is 604 g/mol. The maximum Gasteiger partial charge on any atom is 0.197 e. The van der Waals surface area contributed by atoms with Crippen LogP contribution in [0.2, 0.25) is 0 Å². The molecule has 0 bridgehead atoms. The van der Waals surface area contributed by atoms with Gasteiger partial charge in [0.2, 0.25) is 0 Å². The molecule has 3 rings (SSSR count). The van der Waals surface area contributed by atoms with Gasteiger partial charge in [-0.3, -0.25) is 10.3 Å². The van der Waals surface area contributed by atoms with Crippen molar-refractivity contribution in [2.75, 3.05) is 45.8 Å². The van der Waals surface area contributed by atoms with Gasteiger partial charge >= 0.3 is 0 Å². The molecule has 2 aromatic carbocycles. The summed E-state index contributed by atoms with van der Waals surface area (Å²) in [6.45, 7) is 10.7. The molecule has 3 aromatic rings. The molecule has 7 nitrogen and oxygen atoms in total. The van der Waals surface area contributed by atoms with Gasteiger partial charge in [-0.1, -0.05) is 40.0 Å². The van der Waals surface area contributed by atoms with E-state index >= 15 is 0 Å². The van der Waals surface area contributed by atoms with E-state index in [1.54, 1.807) is 0 Å². The first kappa shape index (κ1) is 35.0. The molecule has 0 aliphatic rings. The molecule has 0 aliphatic heterocycles. The van der Waals surface area contributed by atoms with Crippen molar-refractivity contribution in [3.63, 3.8) is 0 Å². The maximum absolute atomic E-state index is 13.8. The smallest absolute Gasteiger partial charge is 0.197 e. The van der Waals surface area contributed by atoms with E-state index in [0.29, 0.717) is 23.3 Å². The molecular formula is C32H49N3O4S2. The van der Waals surface area contributed by atoms with Gasteiger partial charge in [-0.05, 0) is 95.3 Å². The lowest BCUT2D eigenvalue weighted by Gasteiger charge is -2.21. The van der Waals surface area contributed by atoms with Crippen molar-refractivity contribution < 1.29 is 18.2 Å². The number of fused-ring (bicyclic) bond motifs is 1. The summed E-state index contributed by atoms with van der Waals surface area (Å²) in [5.74, 6) is 1.48. The summed E-state index contributed by atoms with van der Waals surface area (Å²) in [5.41, 5.74) is 5.64. The van der Waals surface area contributed by atoms with E-state index in [0.717, 1.165) is 67.9 Å². The Balaban J connectivity index is 0.00000588. The van der Waals surface area contributed by atoms with E-state index in [1.165, 1.54) is 37.9 Å². The van der Waals surface area contributed by atoms with Crippen LogP contribution in [0.3, 0.4) is 0 Å². The fourth-order valence-corrected chi connectivity index (χ4v) is 4.82. The van der Waals surface area contributed by atoms with E-state index in [9.17, 15) is 4.79 Å². The van der Waals surface area contributed by atoms with Gasteiger partial charge in [-0.2, -0.15) is 17.8 Å². The van der Waals surface area contributed by atoms with Crippen molar-refractivity contribution in [3.8, 4) is 5.75 Å². The minimum Gasteiger partial charge on any atom is -0.494 e. The SMILES string of the molecule is CCCCc1oc2ccc(NOSN(C)C)cc2c1C(=O)c1ccc(OCCCN(CCCC)CCCC)cc1.S. The minimum absolute atomic E-state index is 0. The molecule has 228 valence electrons. The Morgan fingerprint density at radius 2 is 1.56 bits per heavy atom. The van der Waals surface area contributed by atoms with Crippen molar-refractivity contribution >= 4 is 48.2 Å². The first-order chi connectivity index (χ1) is 19.5. The highest BCUT2D eigenvalue weighted by atomic mass is 32.2. The van der Waals surface area contributed by atoms with Crippen molar-refractivity contribution in [1.29, 1.82) is 0 Å². The van der Waals surface area contributed by atoms with Crippen LogP contribution < -0.4 is 10.2 Å². The van der Waals surface area contributed by atoms with Gasteiger partial charge in [0.1, 0.15) is 29.3 Å². The number of carbonyl (C=O) groups is 1. The zero-order chi connectivity index (χ0) is 28.7. The van der Waals surface area contributed by atoms with Gasteiger partial charge in [0.25, 0.3) is 0 Å². The van der Waals surface area contributed by atoms with Crippen molar-refractivity contribution in [2.45, 2.75) is 72.1 Å². The molecule has 0 radical (unpaired) electrons. The molecule has 1 heterocycles. The molecule has 0 unspecified atom stereocenters. The number of hydrogen-bond donors (Lipinski definition) is 1.